The van der Waals surface area contributed by atoms with Crippen LogP contribution >= 0.6 is 23.8 Å². The van der Waals surface area contributed by atoms with E-state index in [0.29, 0.717) is 11.2 Å². The number of nitrogens with one attached hydrogen (secondary N) is 2. The highest BCUT2D eigenvalue weighted by Crippen LogP contribution is 2.53. The standard InChI is InChI=1S/C17H20ClFN2S/c18-14-8-13(1-2-15(14)19)20-17(22)21-16-11-4-9-3-10(6-11)7-12(16)5-9/h1-2,8-12,16H,3-7H2,(H2,20,21,22). The van der Waals surface area contributed by atoms with Crippen molar-refractivity contribution in [3.05, 3.63) is 29.0 Å². The van der Waals surface area contributed by atoms with Gasteiger partial charge in [0.05, 0.1) is 5.02 Å². The van der Waals surface area contributed by atoms with Crippen LogP contribution in [0.3, 0.4) is 0 Å². The molecule has 5 heteroatoms. The average Bonchev–Trinajstić information content (AvgIpc) is 2.46. The summed E-state index contributed by atoms with van der Waals surface area (Å²) in [6.45, 7) is 0. The molecule has 0 atom stereocenters. The molecule has 5 rings (SSSR count). The molecular formula is C17H20ClFN2S. The van der Waals surface area contributed by atoms with Gasteiger partial charge in [-0.05, 0) is 86.2 Å². The first-order valence-electron chi connectivity index (χ1n) is 8.11. The summed E-state index contributed by atoms with van der Waals surface area (Å²) in [7, 11) is 0. The van der Waals surface area contributed by atoms with Gasteiger partial charge in [0.15, 0.2) is 5.11 Å². The monoisotopic (exact) mass is 338 g/mol. The second-order valence-corrected chi connectivity index (χ2v) is 8.00. The Labute approximate surface area is 140 Å². The summed E-state index contributed by atoms with van der Waals surface area (Å²) in [4.78, 5) is 0. The molecule has 4 aliphatic carbocycles. The molecular weight excluding hydrogens is 319 g/mol. The molecule has 0 heterocycles. The zero-order valence-electron chi connectivity index (χ0n) is 12.3. The predicted octanol–water partition coefficient (Wildman–Crippen LogP) is 4.59. The highest BCUT2D eigenvalue weighted by molar-refractivity contribution is 7.80. The molecule has 118 valence electrons. The number of hydrogen-bond donors (Lipinski definition) is 2. The molecule has 0 spiro atoms. The summed E-state index contributed by atoms with van der Waals surface area (Å²) in [5.41, 5.74) is 0.729. The van der Waals surface area contributed by atoms with Crippen LogP contribution in [0.5, 0.6) is 0 Å². The number of rotatable bonds is 2. The van der Waals surface area contributed by atoms with Crippen molar-refractivity contribution in [2.45, 2.75) is 38.1 Å². The SMILES string of the molecule is Fc1ccc(NC(=S)NC2C3CC4CC(C3)CC2C4)cc1Cl. The number of thiocarbonyl (C=S) groups is 1. The summed E-state index contributed by atoms with van der Waals surface area (Å²) in [5, 5.41) is 7.40. The minimum absolute atomic E-state index is 0.113. The molecule has 2 nitrogen and oxygen atoms in total. The van der Waals surface area contributed by atoms with Gasteiger partial charge in [-0.2, -0.15) is 0 Å². The van der Waals surface area contributed by atoms with E-state index in [4.69, 9.17) is 23.8 Å². The number of benzene rings is 1. The van der Waals surface area contributed by atoms with Gasteiger partial charge in [-0.15, -0.1) is 0 Å². The molecule has 4 bridgehead atoms. The van der Waals surface area contributed by atoms with Crippen LogP contribution in [0.2, 0.25) is 5.02 Å². The van der Waals surface area contributed by atoms with Crippen LogP contribution in [0, 0.1) is 29.5 Å². The van der Waals surface area contributed by atoms with Crippen LogP contribution < -0.4 is 10.6 Å². The van der Waals surface area contributed by atoms with E-state index >= 15 is 0 Å². The predicted molar refractivity (Wildman–Crippen MR) is 91.6 cm³/mol. The van der Waals surface area contributed by atoms with E-state index in [9.17, 15) is 4.39 Å². The van der Waals surface area contributed by atoms with Gasteiger partial charge in [-0.3, -0.25) is 0 Å². The van der Waals surface area contributed by atoms with E-state index in [1.54, 1.807) is 12.1 Å². The fourth-order valence-corrected chi connectivity index (χ4v) is 5.49. The molecule has 4 saturated carbocycles. The van der Waals surface area contributed by atoms with Gasteiger partial charge < -0.3 is 10.6 Å². The fourth-order valence-electron chi connectivity index (χ4n) is 5.05. The van der Waals surface area contributed by atoms with Crippen molar-refractivity contribution in [3.8, 4) is 0 Å². The summed E-state index contributed by atoms with van der Waals surface area (Å²) in [6.07, 6.45) is 6.88. The average molecular weight is 339 g/mol. The highest BCUT2D eigenvalue weighted by Gasteiger charge is 2.48. The van der Waals surface area contributed by atoms with Crippen molar-refractivity contribution < 1.29 is 4.39 Å². The lowest BCUT2D eigenvalue weighted by Crippen LogP contribution is -2.56. The minimum atomic E-state index is -0.410. The molecule has 4 fully saturated rings. The molecule has 0 aromatic heterocycles. The lowest BCUT2D eigenvalue weighted by atomic mass is 9.54. The minimum Gasteiger partial charge on any atom is -0.359 e. The largest absolute Gasteiger partial charge is 0.359 e. The second-order valence-electron chi connectivity index (χ2n) is 7.18. The Morgan fingerprint density at radius 1 is 1.09 bits per heavy atom. The molecule has 4 aliphatic rings. The summed E-state index contributed by atoms with van der Waals surface area (Å²) < 4.78 is 13.2. The Morgan fingerprint density at radius 2 is 1.73 bits per heavy atom. The van der Waals surface area contributed by atoms with E-state index in [1.807, 2.05) is 0 Å². The third-order valence-electron chi connectivity index (χ3n) is 5.70. The summed E-state index contributed by atoms with van der Waals surface area (Å²) >= 11 is 11.3. The third-order valence-corrected chi connectivity index (χ3v) is 6.21. The van der Waals surface area contributed by atoms with Gasteiger partial charge >= 0.3 is 0 Å². The Balaban J connectivity index is 1.41. The Morgan fingerprint density at radius 3 is 2.32 bits per heavy atom. The van der Waals surface area contributed by atoms with Crippen LogP contribution in [0.1, 0.15) is 32.1 Å². The first-order chi connectivity index (χ1) is 10.6. The fraction of sp³-hybridized carbons (Fsp3) is 0.588. The quantitative estimate of drug-likeness (QED) is 0.771. The van der Waals surface area contributed by atoms with Crippen molar-refractivity contribution in [3.63, 3.8) is 0 Å². The van der Waals surface area contributed by atoms with Crippen LogP contribution in [-0.2, 0) is 0 Å². The molecule has 0 aliphatic heterocycles. The summed E-state index contributed by atoms with van der Waals surface area (Å²) in [5.74, 6) is 3.05. The van der Waals surface area contributed by atoms with Gasteiger partial charge in [-0.1, -0.05) is 11.6 Å². The lowest BCUT2D eigenvalue weighted by molar-refractivity contribution is -0.00665. The van der Waals surface area contributed by atoms with Crippen molar-refractivity contribution in [2.75, 3.05) is 5.32 Å². The van der Waals surface area contributed by atoms with Gasteiger partial charge in [0.1, 0.15) is 5.82 Å². The lowest BCUT2D eigenvalue weighted by Gasteiger charge is -2.54. The molecule has 2 N–H and O–H groups in total. The third kappa shape index (κ3) is 2.71. The first-order valence-corrected chi connectivity index (χ1v) is 8.89. The van der Waals surface area contributed by atoms with Crippen molar-refractivity contribution in [1.82, 2.24) is 5.32 Å². The Hall–Kier alpha value is -0.870. The maximum atomic E-state index is 13.2. The van der Waals surface area contributed by atoms with E-state index in [2.05, 4.69) is 10.6 Å². The summed E-state index contributed by atoms with van der Waals surface area (Å²) in [6, 6.07) is 5.09. The van der Waals surface area contributed by atoms with E-state index in [0.717, 1.165) is 29.4 Å². The van der Waals surface area contributed by atoms with Crippen molar-refractivity contribution in [2.24, 2.45) is 23.7 Å². The number of anilines is 1. The first kappa shape index (κ1) is 14.7. The van der Waals surface area contributed by atoms with Crippen LogP contribution in [0.4, 0.5) is 10.1 Å². The van der Waals surface area contributed by atoms with E-state index < -0.39 is 5.82 Å². The van der Waals surface area contributed by atoms with Crippen LogP contribution in [0.15, 0.2) is 18.2 Å². The molecule has 0 radical (unpaired) electrons. The van der Waals surface area contributed by atoms with Gasteiger partial charge in [0, 0.05) is 11.7 Å². The maximum absolute atomic E-state index is 13.2. The zero-order chi connectivity index (χ0) is 15.3. The van der Waals surface area contributed by atoms with Crippen LogP contribution in [0.25, 0.3) is 0 Å². The normalized spacial score (nSPS) is 35.5. The van der Waals surface area contributed by atoms with E-state index in [1.165, 1.54) is 38.2 Å². The molecule has 0 amide bonds. The Kier molecular flexibility index (Phi) is 3.77. The molecule has 22 heavy (non-hydrogen) atoms. The molecule has 1 aromatic rings. The Bertz CT molecular complexity index is 578. The highest BCUT2D eigenvalue weighted by atomic mass is 35.5. The smallest absolute Gasteiger partial charge is 0.171 e. The maximum Gasteiger partial charge on any atom is 0.171 e. The van der Waals surface area contributed by atoms with Gasteiger partial charge in [0.2, 0.25) is 0 Å². The number of hydrogen-bond acceptors (Lipinski definition) is 1. The zero-order valence-corrected chi connectivity index (χ0v) is 13.9. The molecule has 1 aromatic carbocycles. The van der Waals surface area contributed by atoms with Gasteiger partial charge in [-0.25, -0.2) is 4.39 Å². The topological polar surface area (TPSA) is 24.1 Å². The van der Waals surface area contributed by atoms with Crippen LogP contribution in [-0.4, -0.2) is 11.2 Å². The molecule has 0 saturated heterocycles. The van der Waals surface area contributed by atoms with Gasteiger partial charge in [0.25, 0.3) is 0 Å². The molecule has 0 unspecified atom stereocenters. The van der Waals surface area contributed by atoms with Crippen molar-refractivity contribution >= 4 is 34.6 Å². The number of halogens is 2. The second kappa shape index (κ2) is 5.64. The van der Waals surface area contributed by atoms with Crippen molar-refractivity contribution in [1.29, 1.82) is 0 Å². The van der Waals surface area contributed by atoms with E-state index in [-0.39, 0.29) is 5.02 Å².